The standard InChI is InChI=1S/6C16H20N/c2*1-11-6-7-15(13(3)8-11)16-9-12(2)14(4)10-17(16)5;2*1-11-6-7-12(2)15(8-11)16-9-13(3)14(4)10-17(16)5;2*1-11-7-6-8-15(14(11)4)16-9-12(2)13(3)10-17(16)5/h6*6-10H,1-5H3/q6*+1/i1D3,4D3;;4D3;;1D3,3D3;3D3. The van der Waals surface area contributed by atoms with E-state index >= 15 is 0 Å². The zero-order valence-electron chi connectivity index (χ0n) is 83.0. The molecule has 0 radical (unpaired) electrons. The van der Waals surface area contributed by atoms with Gasteiger partial charge < -0.3 is 0 Å². The van der Waals surface area contributed by atoms with Gasteiger partial charge in [0.1, 0.15) is 42.3 Å². The van der Waals surface area contributed by atoms with Crippen LogP contribution in [0.1, 0.15) is 158 Å². The highest BCUT2D eigenvalue weighted by Gasteiger charge is 2.21. The van der Waals surface area contributed by atoms with Crippen LogP contribution >= 0.6 is 0 Å². The van der Waals surface area contributed by atoms with Crippen LogP contribution in [0.5, 0.6) is 0 Å². The Labute approximate surface area is 641 Å². The Morgan fingerprint density at radius 1 is 0.186 bits per heavy atom. The molecule has 0 spiro atoms. The number of aryl methyl sites for hydroxylation is 28. The Bertz CT molecular complexity index is 5690. The van der Waals surface area contributed by atoms with E-state index < -0.39 is 41.1 Å². The van der Waals surface area contributed by atoms with Crippen LogP contribution in [-0.4, -0.2) is 0 Å². The minimum Gasteiger partial charge on any atom is -0.201 e. The van der Waals surface area contributed by atoms with Crippen LogP contribution < -0.4 is 27.4 Å². The van der Waals surface area contributed by atoms with Crippen LogP contribution in [0, 0.1) is 166 Å². The summed E-state index contributed by atoms with van der Waals surface area (Å²) in [7, 11) is 11.6. The molecule has 0 aliphatic carbocycles. The van der Waals surface area contributed by atoms with Gasteiger partial charge in [-0.1, -0.05) is 95.1 Å². The van der Waals surface area contributed by atoms with Crippen LogP contribution in [0.2, 0.25) is 0 Å². The van der Waals surface area contributed by atoms with Crippen molar-refractivity contribution in [3.05, 3.63) is 316 Å². The Hall–Kier alpha value is -9.78. The van der Waals surface area contributed by atoms with E-state index in [0.29, 0.717) is 50.1 Å². The number of nitrogens with zero attached hydrogens (tertiary/aromatic N) is 6. The second kappa shape index (κ2) is 34.7. The average Bonchev–Trinajstić information content (AvgIpc) is 0.786. The third-order valence-corrected chi connectivity index (χ3v) is 19.4. The van der Waals surface area contributed by atoms with Gasteiger partial charge in [0.2, 0.25) is 34.2 Å². The summed E-state index contributed by atoms with van der Waals surface area (Å²) < 4.78 is 148. The second-order valence-corrected chi connectivity index (χ2v) is 27.9. The summed E-state index contributed by atoms with van der Waals surface area (Å²) in [6, 6.07) is 48.1. The van der Waals surface area contributed by atoms with Gasteiger partial charge in [0.05, 0.1) is 0 Å². The summed E-state index contributed by atoms with van der Waals surface area (Å²) >= 11 is 0. The number of rotatable bonds is 6. The molecular formula is C96H120N6+6. The zero-order valence-corrected chi connectivity index (χ0v) is 65.0. The molecule has 0 N–H and O–H groups in total. The molecule has 0 amide bonds. The van der Waals surface area contributed by atoms with Crippen molar-refractivity contribution in [1.29, 1.82) is 0 Å². The molecule has 102 heavy (non-hydrogen) atoms. The van der Waals surface area contributed by atoms with E-state index in [-0.39, 0.29) is 0 Å². The molecule has 528 valence electrons. The Kier molecular flexibility index (Phi) is 19.3. The average molecular weight is 1380 g/mol. The van der Waals surface area contributed by atoms with Crippen molar-refractivity contribution in [1.82, 2.24) is 0 Å². The predicted octanol–water partition coefficient (Wildman–Crippen LogP) is 20.5. The minimum absolute atomic E-state index is 0.299. The molecule has 0 unspecified atom stereocenters. The van der Waals surface area contributed by atoms with Gasteiger partial charge in [-0.2, -0.15) is 0 Å². The molecule has 6 heterocycles. The summed E-state index contributed by atoms with van der Waals surface area (Å²) in [6.45, 7) is 23.7. The van der Waals surface area contributed by atoms with Gasteiger partial charge in [-0.25, -0.2) is 27.4 Å². The van der Waals surface area contributed by atoms with Crippen molar-refractivity contribution in [2.24, 2.45) is 42.3 Å². The fraction of sp³-hybridized carbons (Fsp3) is 0.312. The van der Waals surface area contributed by atoms with Crippen molar-refractivity contribution in [3.63, 3.8) is 0 Å². The Morgan fingerprint density at radius 2 is 0.451 bits per heavy atom. The maximum absolute atomic E-state index is 7.64. The molecule has 12 aromatic rings. The highest BCUT2D eigenvalue weighted by atomic mass is 14.9. The summed E-state index contributed by atoms with van der Waals surface area (Å²) in [5.41, 5.74) is 35.0. The van der Waals surface area contributed by atoms with E-state index in [2.05, 4.69) is 198 Å². The number of benzene rings is 6. The lowest BCUT2D eigenvalue weighted by atomic mass is 9.99. The Morgan fingerprint density at radius 3 is 0.784 bits per heavy atom. The molecule has 6 heteroatoms. The van der Waals surface area contributed by atoms with Crippen molar-refractivity contribution >= 4 is 0 Å². The first kappa shape index (κ1) is 56.8. The first-order chi connectivity index (χ1) is 55.2. The van der Waals surface area contributed by atoms with Crippen molar-refractivity contribution in [2.45, 2.75) is 166 Å². The van der Waals surface area contributed by atoms with Gasteiger partial charge >= 0.3 is 0 Å². The second-order valence-electron chi connectivity index (χ2n) is 27.9. The SMILES string of the molecule is Cc1ccc(-c2cc(C)c(C)c[n+]2C)c(C)c1.Cc1ccc(C)c(-c2cc(C)c(C)c[n+]2C)c1.[2H]C([2H])([2H])c1c[n+](C)c(-c2cc(C)ccc2C)cc1C.[2H]C([2H])([2H])c1c[n+](C)c(-c2cccc(C([2H])([2H])[2H])c2C)cc1C.[2H]C([2H])([2H])c1c[n+](C)c(-c2cccc(C)c2C)cc1C.[2H]C([2H])([2H])c1ccc(-c2cc(C)c(C([2H])([2H])[2H])c[n+]2C)c(C)c1. The monoisotopic (exact) mass is 1380 g/mol. The van der Waals surface area contributed by atoms with E-state index in [9.17, 15) is 0 Å². The maximum Gasteiger partial charge on any atom is 0.212 e. The molecule has 6 aromatic heterocycles. The molecule has 6 nitrogen and oxygen atoms in total. The van der Waals surface area contributed by atoms with Gasteiger partial charge in [-0.05, 0) is 280 Å². The molecule has 0 bridgehead atoms. The van der Waals surface area contributed by atoms with E-state index in [0.717, 1.165) is 61.7 Å². The Balaban J connectivity index is 0.000000199. The molecular weight excluding hydrogens is 1240 g/mol. The molecule has 0 aliphatic rings. The molecule has 0 saturated heterocycles. The van der Waals surface area contributed by atoms with Crippen LogP contribution in [0.25, 0.3) is 67.5 Å². The third-order valence-electron chi connectivity index (χ3n) is 19.4. The lowest BCUT2D eigenvalue weighted by Gasteiger charge is -2.08. The first-order valence-electron chi connectivity index (χ1n) is 43.7. The summed E-state index contributed by atoms with van der Waals surface area (Å²) in [5, 5.41) is 0. The molecule has 0 aliphatic heterocycles. The minimum atomic E-state index is -2.17. The number of aromatic nitrogens is 6. The van der Waals surface area contributed by atoms with Gasteiger partial charge in [0, 0.05) is 128 Å². The summed E-state index contributed by atoms with van der Waals surface area (Å²) in [5.74, 6) is 0. The van der Waals surface area contributed by atoms with Crippen LogP contribution in [0.4, 0.5) is 0 Å². The lowest BCUT2D eigenvalue weighted by Crippen LogP contribution is -2.31. The first-order valence-corrected chi connectivity index (χ1v) is 34.7. The van der Waals surface area contributed by atoms with Crippen LogP contribution in [-0.2, 0) is 42.3 Å². The summed E-state index contributed by atoms with van der Waals surface area (Å²) in [6.07, 6.45) is 11.1. The highest BCUT2D eigenvalue weighted by Crippen LogP contribution is 2.30. The number of pyridine rings is 6. The van der Waals surface area contributed by atoms with Gasteiger partial charge in [0.15, 0.2) is 37.2 Å². The third kappa shape index (κ3) is 19.8. The topological polar surface area (TPSA) is 23.3 Å². The fourth-order valence-corrected chi connectivity index (χ4v) is 12.4. The molecule has 6 aromatic carbocycles. The zero-order chi connectivity index (χ0) is 90.5. The quantitative estimate of drug-likeness (QED) is 0.148. The van der Waals surface area contributed by atoms with Crippen molar-refractivity contribution in [3.8, 4) is 67.5 Å². The van der Waals surface area contributed by atoms with Crippen LogP contribution in [0.3, 0.4) is 0 Å². The normalized spacial score (nSPS) is 14.0. The van der Waals surface area contributed by atoms with E-state index in [1.165, 1.54) is 89.3 Å². The van der Waals surface area contributed by atoms with Gasteiger partial charge in [-0.15, -0.1) is 0 Å². The molecule has 0 atom stereocenters. The molecule has 0 fully saturated rings. The maximum atomic E-state index is 7.64. The van der Waals surface area contributed by atoms with Gasteiger partial charge in [0.25, 0.3) is 0 Å². The van der Waals surface area contributed by atoms with E-state index in [1.807, 2.05) is 74.3 Å². The van der Waals surface area contributed by atoms with E-state index in [4.69, 9.17) is 24.7 Å². The molecule has 12 rings (SSSR count). The predicted molar refractivity (Wildman–Crippen MR) is 432 cm³/mol. The highest BCUT2D eigenvalue weighted by molar-refractivity contribution is 5.67. The van der Waals surface area contributed by atoms with Gasteiger partial charge in [-0.3, -0.25) is 0 Å². The van der Waals surface area contributed by atoms with Crippen LogP contribution in [0.15, 0.2) is 183 Å². The summed E-state index contributed by atoms with van der Waals surface area (Å²) in [4.78, 5) is 0. The van der Waals surface area contributed by atoms with Crippen molar-refractivity contribution in [2.75, 3.05) is 0 Å². The van der Waals surface area contributed by atoms with Crippen molar-refractivity contribution < 1.29 is 52.1 Å². The fourth-order valence-electron chi connectivity index (χ4n) is 12.4. The molecule has 0 saturated carbocycles. The smallest absolute Gasteiger partial charge is 0.201 e. The van der Waals surface area contributed by atoms with E-state index in [1.54, 1.807) is 105 Å². The number of hydrogen-bond donors (Lipinski definition) is 0. The number of hydrogen-bond acceptors (Lipinski definition) is 0. The lowest BCUT2D eigenvalue weighted by molar-refractivity contribution is -0.660. The largest absolute Gasteiger partial charge is 0.212 e.